The summed E-state index contributed by atoms with van der Waals surface area (Å²) >= 11 is 0. The summed E-state index contributed by atoms with van der Waals surface area (Å²) in [6, 6.07) is 16.5. The monoisotopic (exact) mass is 389 g/mol. The molecule has 1 amide bonds. The Morgan fingerprint density at radius 1 is 1.14 bits per heavy atom. The number of hydrogen-bond acceptors (Lipinski definition) is 4. The SMILES string of the molecule is Cc1cccc(CN2CC(c3noc(-c4ccc(C(C)(C)C)cc4)n3)CC2=O)c1. The highest BCUT2D eigenvalue weighted by atomic mass is 16.5. The fraction of sp³-hybridized carbons (Fsp3) is 0.375. The average molecular weight is 389 g/mol. The van der Waals surface area contributed by atoms with Crippen LogP contribution in [-0.2, 0) is 16.8 Å². The lowest BCUT2D eigenvalue weighted by atomic mass is 9.87. The maximum atomic E-state index is 12.5. The number of benzene rings is 2. The van der Waals surface area contributed by atoms with Crippen molar-refractivity contribution in [3.63, 3.8) is 0 Å². The van der Waals surface area contributed by atoms with Crippen molar-refractivity contribution in [2.24, 2.45) is 0 Å². The molecule has 1 unspecified atom stereocenters. The van der Waals surface area contributed by atoms with E-state index < -0.39 is 0 Å². The van der Waals surface area contributed by atoms with Gasteiger partial charge in [0, 0.05) is 31.0 Å². The van der Waals surface area contributed by atoms with Gasteiger partial charge in [0.1, 0.15) is 0 Å². The van der Waals surface area contributed by atoms with Crippen LogP contribution < -0.4 is 0 Å². The predicted octanol–water partition coefficient (Wildman–Crippen LogP) is 4.86. The van der Waals surface area contributed by atoms with E-state index in [4.69, 9.17) is 4.52 Å². The molecule has 1 atom stereocenters. The molecule has 1 aliphatic heterocycles. The van der Waals surface area contributed by atoms with Crippen molar-refractivity contribution in [1.29, 1.82) is 0 Å². The minimum Gasteiger partial charge on any atom is -0.338 e. The van der Waals surface area contributed by atoms with E-state index in [0.29, 0.717) is 31.2 Å². The number of hydrogen-bond donors (Lipinski definition) is 0. The zero-order valence-electron chi connectivity index (χ0n) is 17.5. The van der Waals surface area contributed by atoms with Gasteiger partial charge in [0.2, 0.25) is 5.91 Å². The van der Waals surface area contributed by atoms with Gasteiger partial charge in [-0.2, -0.15) is 4.98 Å². The lowest BCUT2D eigenvalue weighted by Gasteiger charge is -2.18. The van der Waals surface area contributed by atoms with Gasteiger partial charge in [0.15, 0.2) is 5.82 Å². The molecular weight excluding hydrogens is 362 g/mol. The van der Waals surface area contributed by atoms with E-state index >= 15 is 0 Å². The first-order valence-corrected chi connectivity index (χ1v) is 10.1. The third-order valence-corrected chi connectivity index (χ3v) is 5.48. The van der Waals surface area contributed by atoms with Crippen molar-refractivity contribution in [1.82, 2.24) is 15.0 Å². The van der Waals surface area contributed by atoms with Crippen molar-refractivity contribution in [2.45, 2.75) is 52.0 Å². The lowest BCUT2D eigenvalue weighted by molar-refractivity contribution is -0.128. The molecule has 29 heavy (non-hydrogen) atoms. The Labute approximate surface area is 171 Å². The molecule has 2 heterocycles. The molecule has 3 aromatic rings. The van der Waals surface area contributed by atoms with E-state index in [1.54, 1.807) is 0 Å². The van der Waals surface area contributed by atoms with Crippen LogP contribution >= 0.6 is 0 Å². The molecule has 1 aromatic heterocycles. The highest BCUT2D eigenvalue weighted by molar-refractivity contribution is 5.79. The van der Waals surface area contributed by atoms with Crippen molar-refractivity contribution in [3.8, 4) is 11.5 Å². The molecule has 1 aliphatic rings. The second-order valence-corrected chi connectivity index (χ2v) is 8.95. The van der Waals surface area contributed by atoms with Crippen LogP contribution in [0.3, 0.4) is 0 Å². The molecule has 0 N–H and O–H groups in total. The molecule has 1 saturated heterocycles. The lowest BCUT2D eigenvalue weighted by Crippen LogP contribution is -2.24. The summed E-state index contributed by atoms with van der Waals surface area (Å²) in [7, 11) is 0. The van der Waals surface area contributed by atoms with E-state index in [9.17, 15) is 4.79 Å². The second kappa shape index (κ2) is 7.47. The van der Waals surface area contributed by atoms with Gasteiger partial charge >= 0.3 is 0 Å². The molecule has 1 fully saturated rings. The Bertz CT molecular complexity index is 1020. The molecule has 2 aromatic carbocycles. The van der Waals surface area contributed by atoms with E-state index in [1.807, 2.05) is 23.1 Å². The maximum absolute atomic E-state index is 12.5. The molecule has 5 nitrogen and oxygen atoms in total. The zero-order valence-corrected chi connectivity index (χ0v) is 17.5. The van der Waals surface area contributed by atoms with Gasteiger partial charge in [-0.1, -0.05) is 67.9 Å². The van der Waals surface area contributed by atoms with Crippen LogP contribution in [0.4, 0.5) is 0 Å². The fourth-order valence-corrected chi connectivity index (χ4v) is 3.76. The van der Waals surface area contributed by atoms with E-state index in [0.717, 1.165) is 11.1 Å². The number of aromatic nitrogens is 2. The molecule has 0 saturated carbocycles. The maximum Gasteiger partial charge on any atom is 0.257 e. The van der Waals surface area contributed by atoms with Crippen LogP contribution in [0.1, 0.15) is 55.6 Å². The molecule has 0 spiro atoms. The van der Waals surface area contributed by atoms with E-state index in [1.165, 1.54) is 11.1 Å². The summed E-state index contributed by atoms with van der Waals surface area (Å²) in [6.07, 6.45) is 0.424. The van der Waals surface area contributed by atoms with Gasteiger partial charge in [-0.05, 0) is 35.6 Å². The van der Waals surface area contributed by atoms with Gasteiger partial charge in [0.25, 0.3) is 5.89 Å². The molecule has 5 heteroatoms. The third-order valence-electron chi connectivity index (χ3n) is 5.48. The molecule has 150 valence electrons. The van der Waals surface area contributed by atoms with Gasteiger partial charge in [-0.3, -0.25) is 4.79 Å². The first-order valence-electron chi connectivity index (χ1n) is 10.1. The minimum atomic E-state index is -0.0290. The van der Waals surface area contributed by atoms with Crippen molar-refractivity contribution >= 4 is 5.91 Å². The number of carbonyl (C=O) groups is 1. The first kappa shape index (κ1) is 19.4. The Balaban J connectivity index is 1.46. The summed E-state index contributed by atoms with van der Waals surface area (Å²) in [5.41, 5.74) is 4.60. The molecule has 0 bridgehead atoms. The van der Waals surface area contributed by atoms with Crippen LogP contribution in [0.5, 0.6) is 0 Å². The summed E-state index contributed by atoms with van der Waals surface area (Å²) < 4.78 is 5.50. The summed E-state index contributed by atoms with van der Waals surface area (Å²) in [6.45, 7) is 9.86. The van der Waals surface area contributed by atoms with Gasteiger partial charge in [0.05, 0.1) is 0 Å². The predicted molar refractivity (Wildman–Crippen MR) is 112 cm³/mol. The largest absolute Gasteiger partial charge is 0.338 e. The van der Waals surface area contributed by atoms with Crippen LogP contribution in [0.2, 0.25) is 0 Å². The molecule has 0 radical (unpaired) electrons. The number of rotatable bonds is 4. The van der Waals surface area contributed by atoms with Gasteiger partial charge in [-0.25, -0.2) is 0 Å². The Hall–Kier alpha value is -2.95. The number of nitrogens with zero attached hydrogens (tertiary/aromatic N) is 3. The van der Waals surface area contributed by atoms with Gasteiger partial charge in [-0.15, -0.1) is 0 Å². The quantitative estimate of drug-likeness (QED) is 0.639. The Morgan fingerprint density at radius 2 is 1.90 bits per heavy atom. The average Bonchev–Trinajstić information content (AvgIpc) is 3.29. The highest BCUT2D eigenvalue weighted by Crippen LogP contribution is 2.30. The highest BCUT2D eigenvalue weighted by Gasteiger charge is 2.33. The van der Waals surface area contributed by atoms with Crippen LogP contribution in [0.25, 0.3) is 11.5 Å². The Morgan fingerprint density at radius 3 is 2.59 bits per heavy atom. The van der Waals surface area contributed by atoms with Crippen LogP contribution in [0, 0.1) is 6.92 Å². The third kappa shape index (κ3) is 4.24. The standard InChI is InChI=1S/C24H27N3O2/c1-16-6-5-7-17(12-16)14-27-15-19(13-21(27)28)22-25-23(29-26-22)18-8-10-20(11-9-18)24(2,3)4/h5-12,19H,13-15H2,1-4H3. The number of carbonyl (C=O) groups excluding carboxylic acids is 1. The smallest absolute Gasteiger partial charge is 0.257 e. The molecule has 0 aliphatic carbocycles. The number of aryl methyl sites for hydroxylation is 1. The fourth-order valence-electron chi connectivity index (χ4n) is 3.76. The van der Waals surface area contributed by atoms with E-state index in [-0.39, 0.29) is 17.2 Å². The number of amides is 1. The normalized spacial score (nSPS) is 17.2. The number of likely N-dealkylation sites (tertiary alicyclic amines) is 1. The van der Waals surface area contributed by atoms with E-state index in [2.05, 4.69) is 68.2 Å². The topological polar surface area (TPSA) is 59.2 Å². The van der Waals surface area contributed by atoms with Crippen molar-refractivity contribution in [2.75, 3.05) is 6.54 Å². The second-order valence-electron chi connectivity index (χ2n) is 8.95. The van der Waals surface area contributed by atoms with Crippen LogP contribution in [0.15, 0.2) is 53.1 Å². The van der Waals surface area contributed by atoms with Crippen LogP contribution in [-0.4, -0.2) is 27.5 Å². The van der Waals surface area contributed by atoms with Gasteiger partial charge < -0.3 is 9.42 Å². The summed E-state index contributed by atoms with van der Waals surface area (Å²) in [5.74, 6) is 1.22. The summed E-state index contributed by atoms with van der Waals surface area (Å²) in [5, 5.41) is 4.17. The first-order chi connectivity index (χ1) is 13.8. The minimum absolute atomic E-state index is 0.0290. The molecular formula is C24H27N3O2. The Kier molecular flexibility index (Phi) is 4.99. The zero-order chi connectivity index (χ0) is 20.6. The molecule has 4 rings (SSSR count). The van der Waals surface area contributed by atoms with Crippen molar-refractivity contribution < 1.29 is 9.32 Å². The van der Waals surface area contributed by atoms with Crippen molar-refractivity contribution in [3.05, 3.63) is 71.0 Å². The summed E-state index contributed by atoms with van der Waals surface area (Å²) in [4.78, 5) is 19.0.